The van der Waals surface area contributed by atoms with Crippen molar-refractivity contribution in [3.63, 3.8) is 0 Å². The summed E-state index contributed by atoms with van der Waals surface area (Å²) in [6.45, 7) is 0.286. The van der Waals surface area contributed by atoms with Crippen LogP contribution in [0.15, 0.2) is 75.1 Å². The molecule has 5 nitrogen and oxygen atoms in total. The topological polar surface area (TPSA) is 59.9 Å². The van der Waals surface area contributed by atoms with Crippen LogP contribution in [0.4, 0.5) is 0 Å². The van der Waals surface area contributed by atoms with E-state index in [0.717, 1.165) is 16.0 Å². The molecule has 0 heterocycles. The van der Waals surface area contributed by atoms with Gasteiger partial charge in [-0.25, -0.2) is 5.43 Å². The maximum Gasteiger partial charge on any atom is 0.250 e. The Morgan fingerprint density at radius 3 is 2.62 bits per heavy atom. The predicted octanol–water partition coefficient (Wildman–Crippen LogP) is 6.59. The summed E-state index contributed by atoms with van der Waals surface area (Å²) in [5, 5.41) is 4.99. The van der Waals surface area contributed by atoms with Crippen LogP contribution in [-0.4, -0.2) is 25.0 Å². The summed E-state index contributed by atoms with van der Waals surface area (Å²) in [5.74, 6) is 1.14. The molecule has 0 unspecified atom stereocenters. The Labute approximate surface area is 209 Å². The smallest absolute Gasteiger partial charge is 0.250 e. The van der Waals surface area contributed by atoms with E-state index >= 15 is 0 Å². The van der Waals surface area contributed by atoms with Crippen LogP contribution >= 0.6 is 50.9 Å². The molecular weight excluding hydrogens is 535 g/mol. The highest BCUT2D eigenvalue weighted by molar-refractivity contribution is 9.10. The van der Waals surface area contributed by atoms with Gasteiger partial charge in [0.1, 0.15) is 6.61 Å². The highest BCUT2D eigenvalue weighted by atomic mass is 79.9. The first kappa shape index (κ1) is 24.5. The molecule has 166 valence electrons. The number of benzene rings is 3. The normalized spacial score (nSPS) is 10.9. The number of hydrazone groups is 1. The van der Waals surface area contributed by atoms with Crippen LogP contribution in [0.5, 0.6) is 11.5 Å². The number of thioether (sulfide) groups is 1. The lowest BCUT2D eigenvalue weighted by Crippen LogP contribution is -2.19. The predicted molar refractivity (Wildman–Crippen MR) is 134 cm³/mol. The van der Waals surface area contributed by atoms with Gasteiger partial charge in [-0.1, -0.05) is 47.5 Å². The summed E-state index contributed by atoms with van der Waals surface area (Å²) >= 11 is 17.0. The first-order valence-electron chi connectivity index (χ1n) is 9.40. The Morgan fingerprint density at radius 1 is 1.12 bits per heavy atom. The van der Waals surface area contributed by atoms with Crippen molar-refractivity contribution >= 4 is 63.0 Å². The molecule has 0 saturated heterocycles. The van der Waals surface area contributed by atoms with E-state index in [2.05, 4.69) is 26.5 Å². The Hall–Kier alpha value is -2.19. The minimum atomic E-state index is -0.192. The summed E-state index contributed by atoms with van der Waals surface area (Å²) in [6, 6.07) is 18.6. The fraction of sp³-hybridized carbons (Fsp3) is 0.130. The van der Waals surface area contributed by atoms with Crippen LogP contribution < -0.4 is 14.9 Å². The minimum Gasteiger partial charge on any atom is -0.493 e. The molecule has 32 heavy (non-hydrogen) atoms. The van der Waals surface area contributed by atoms with Crippen molar-refractivity contribution in [2.24, 2.45) is 5.10 Å². The zero-order chi connectivity index (χ0) is 22.9. The molecule has 0 spiro atoms. The van der Waals surface area contributed by atoms with Gasteiger partial charge in [0.15, 0.2) is 11.5 Å². The van der Waals surface area contributed by atoms with E-state index in [1.807, 2.05) is 42.5 Å². The molecule has 3 rings (SSSR count). The highest BCUT2D eigenvalue weighted by Crippen LogP contribution is 2.37. The van der Waals surface area contributed by atoms with E-state index in [1.165, 1.54) is 11.8 Å². The summed E-state index contributed by atoms with van der Waals surface area (Å²) in [5.41, 5.74) is 4.13. The first-order valence-corrected chi connectivity index (χ1v) is 11.9. The molecular formula is C23H19BrCl2N2O3S. The second kappa shape index (κ2) is 12.2. The Morgan fingerprint density at radius 2 is 1.91 bits per heavy atom. The monoisotopic (exact) mass is 552 g/mol. The van der Waals surface area contributed by atoms with E-state index in [0.29, 0.717) is 26.0 Å². The van der Waals surface area contributed by atoms with Crippen molar-refractivity contribution in [1.29, 1.82) is 0 Å². The van der Waals surface area contributed by atoms with Crippen LogP contribution in [0.2, 0.25) is 10.0 Å². The van der Waals surface area contributed by atoms with Crippen LogP contribution in [0.25, 0.3) is 0 Å². The number of carbonyl (C=O) groups excluding carboxylic acids is 1. The van der Waals surface area contributed by atoms with Gasteiger partial charge in [-0.05, 0) is 63.5 Å². The van der Waals surface area contributed by atoms with Gasteiger partial charge < -0.3 is 9.47 Å². The first-order chi connectivity index (χ1) is 15.5. The van der Waals surface area contributed by atoms with Gasteiger partial charge in [0.05, 0.1) is 33.6 Å². The number of carbonyl (C=O) groups is 1. The van der Waals surface area contributed by atoms with E-state index in [1.54, 1.807) is 31.5 Å². The third-order valence-corrected chi connectivity index (χ3v) is 6.48. The van der Waals surface area contributed by atoms with Gasteiger partial charge >= 0.3 is 0 Å². The fourth-order valence-electron chi connectivity index (χ4n) is 2.62. The summed E-state index contributed by atoms with van der Waals surface area (Å²) in [7, 11) is 1.55. The van der Waals surface area contributed by atoms with E-state index < -0.39 is 0 Å². The molecule has 0 fully saturated rings. The molecule has 0 saturated carbocycles. The molecule has 3 aromatic carbocycles. The molecule has 0 aliphatic rings. The molecule has 0 aromatic heterocycles. The number of nitrogens with zero attached hydrogens (tertiary/aromatic N) is 1. The van der Waals surface area contributed by atoms with Crippen molar-refractivity contribution in [3.8, 4) is 11.5 Å². The summed E-state index contributed by atoms with van der Waals surface area (Å²) < 4.78 is 12.1. The Balaban J connectivity index is 1.59. The standard InChI is InChI=1S/C23H19BrCl2N2O3S/c1-30-21-11-16(12-27-28-22(29)14-32-17-5-3-2-4-6-17)9-18(24)23(21)31-13-15-7-8-19(25)20(26)10-15/h2-12H,13-14H2,1H3,(H,28,29)/b27-12+. The largest absolute Gasteiger partial charge is 0.493 e. The van der Waals surface area contributed by atoms with Gasteiger partial charge in [0.2, 0.25) is 5.91 Å². The molecule has 0 radical (unpaired) electrons. The van der Waals surface area contributed by atoms with Crippen molar-refractivity contribution in [3.05, 3.63) is 86.3 Å². The molecule has 0 atom stereocenters. The zero-order valence-electron chi connectivity index (χ0n) is 17.0. The van der Waals surface area contributed by atoms with Gasteiger partial charge in [-0.2, -0.15) is 5.10 Å². The quantitative estimate of drug-likeness (QED) is 0.184. The van der Waals surface area contributed by atoms with Crippen LogP contribution in [0, 0.1) is 0 Å². The number of hydrogen-bond donors (Lipinski definition) is 1. The Kier molecular flexibility index (Phi) is 9.29. The molecule has 1 amide bonds. The molecule has 3 aromatic rings. The SMILES string of the molecule is COc1cc(/C=N/NC(=O)CSc2ccccc2)cc(Br)c1OCc1ccc(Cl)c(Cl)c1. The lowest BCUT2D eigenvalue weighted by Gasteiger charge is -2.14. The third kappa shape index (κ3) is 7.17. The minimum absolute atomic E-state index is 0.192. The highest BCUT2D eigenvalue weighted by Gasteiger charge is 2.12. The number of ether oxygens (including phenoxy) is 2. The van der Waals surface area contributed by atoms with Crippen LogP contribution in [0.3, 0.4) is 0 Å². The van der Waals surface area contributed by atoms with E-state index in [9.17, 15) is 4.79 Å². The van der Waals surface area contributed by atoms with Crippen molar-refractivity contribution < 1.29 is 14.3 Å². The Bertz CT molecular complexity index is 1110. The fourth-order valence-corrected chi connectivity index (χ4v) is 4.22. The number of nitrogens with one attached hydrogen (secondary N) is 1. The summed E-state index contributed by atoms with van der Waals surface area (Å²) in [6.07, 6.45) is 1.54. The van der Waals surface area contributed by atoms with Crippen LogP contribution in [-0.2, 0) is 11.4 Å². The van der Waals surface area contributed by atoms with Crippen molar-refractivity contribution in [1.82, 2.24) is 5.43 Å². The summed E-state index contributed by atoms with van der Waals surface area (Å²) in [4.78, 5) is 13.0. The van der Waals surface area contributed by atoms with E-state index in [-0.39, 0.29) is 18.3 Å². The number of amides is 1. The lowest BCUT2D eigenvalue weighted by molar-refractivity contribution is -0.118. The van der Waals surface area contributed by atoms with Crippen LogP contribution in [0.1, 0.15) is 11.1 Å². The third-order valence-electron chi connectivity index (χ3n) is 4.13. The lowest BCUT2D eigenvalue weighted by atomic mass is 10.2. The number of rotatable bonds is 9. The van der Waals surface area contributed by atoms with E-state index in [4.69, 9.17) is 32.7 Å². The van der Waals surface area contributed by atoms with Gasteiger partial charge in [0, 0.05) is 4.90 Å². The molecule has 0 aliphatic carbocycles. The number of hydrogen-bond acceptors (Lipinski definition) is 5. The molecule has 0 aliphatic heterocycles. The second-order valence-corrected chi connectivity index (χ2v) is 9.18. The average Bonchev–Trinajstić information content (AvgIpc) is 2.79. The van der Waals surface area contributed by atoms with Gasteiger partial charge in [-0.15, -0.1) is 11.8 Å². The molecule has 9 heteroatoms. The maximum atomic E-state index is 12.0. The van der Waals surface area contributed by atoms with Crippen molar-refractivity contribution in [2.45, 2.75) is 11.5 Å². The van der Waals surface area contributed by atoms with Gasteiger partial charge in [-0.3, -0.25) is 4.79 Å². The van der Waals surface area contributed by atoms with Gasteiger partial charge in [0.25, 0.3) is 0 Å². The zero-order valence-corrected chi connectivity index (χ0v) is 20.9. The molecule has 0 bridgehead atoms. The average molecular weight is 554 g/mol. The number of methoxy groups -OCH3 is 1. The number of halogens is 3. The van der Waals surface area contributed by atoms with Crippen molar-refractivity contribution in [2.75, 3.05) is 12.9 Å². The molecule has 1 N–H and O–H groups in total. The maximum absolute atomic E-state index is 12.0. The second-order valence-electron chi connectivity index (χ2n) is 6.47.